The number of benzene rings is 1. The molecule has 0 radical (unpaired) electrons. The molecule has 1 N–H and O–H groups in total. The van der Waals surface area contributed by atoms with Crippen LogP contribution < -0.4 is 0 Å². The van der Waals surface area contributed by atoms with Crippen molar-refractivity contribution in [2.24, 2.45) is 5.92 Å². The Balaban J connectivity index is 1.76. The summed E-state index contributed by atoms with van der Waals surface area (Å²) in [5.74, 6) is -1.04. The summed E-state index contributed by atoms with van der Waals surface area (Å²) < 4.78 is -0.394. The van der Waals surface area contributed by atoms with Crippen molar-refractivity contribution in [3.63, 3.8) is 0 Å². The summed E-state index contributed by atoms with van der Waals surface area (Å²) in [7, 11) is 0. The number of thioether (sulfide) groups is 1. The molecule has 3 rings (SSSR count). The molecule has 1 unspecified atom stereocenters. The lowest BCUT2D eigenvalue weighted by Crippen LogP contribution is -2.44. The molecule has 2 aliphatic rings. The van der Waals surface area contributed by atoms with Gasteiger partial charge in [-0.15, -0.1) is 11.8 Å². The molecular weight excluding hydrogens is 298 g/mol. The largest absolute Gasteiger partial charge is 0.481 e. The number of nitrogens with zero attached hydrogens (tertiary/aromatic N) is 1. The van der Waals surface area contributed by atoms with Crippen LogP contribution in [-0.4, -0.2) is 39.7 Å². The highest BCUT2D eigenvalue weighted by molar-refractivity contribution is 8.01. The van der Waals surface area contributed by atoms with Crippen LogP contribution in [-0.2, 0) is 9.59 Å². The normalized spacial score (nSPS) is 23.6. The summed E-state index contributed by atoms with van der Waals surface area (Å²) >= 11 is 1.66. The van der Waals surface area contributed by atoms with E-state index in [-0.39, 0.29) is 5.91 Å². The number of rotatable bonds is 4. The molecule has 0 bridgehead atoms. The van der Waals surface area contributed by atoms with Gasteiger partial charge in [-0.25, -0.2) is 0 Å². The first kappa shape index (κ1) is 15.4. The van der Waals surface area contributed by atoms with E-state index >= 15 is 0 Å². The second-order valence-electron chi connectivity index (χ2n) is 6.19. The maximum absolute atomic E-state index is 13.1. The molecule has 1 aromatic carbocycles. The molecule has 0 aromatic heterocycles. The molecule has 1 atom stereocenters. The third-order valence-electron chi connectivity index (χ3n) is 4.68. The lowest BCUT2D eigenvalue weighted by atomic mass is 10.1. The monoisotopic (exact) mass is 319 g/mol. The Morgan fingerprint density at radius 2 is 1.86 bits per heavy atom. The van der Waals surface area contributed by atoms with E-state index in [2.05, 4.69) is 0 Å². The van der Waals surface area contributed by atoms with Gasteiger partial charge in [0.2, 0.25) is 5.91 Å². The smallest absolute Gasteiger partial charge is 0.308 e. The van der Waals surface area contributed by atoms with Crippen molar-refractivity contribution < 1.29 is 14.7 Å². The fraction of sp³-hybridized carbons (Fsp3) is 0.529. The average Bonchev–Trinajstić information content (AvgIpc) is 3.17. The Kier molecular flexibility index (Phi) is 4.43. The van der Waals surface area contributed by atoms with Gasteiger partial charge in [-0.3, -0.25) is 9.59 Å². The third-order valence-corrected chi connectivity index (χ3v) is 6.16. The summed E-state index contributed by atoms with van der Waals surface area (Å²) in [6.45, 7) is 0.943. The Morgan fingerprint density at radius 1 is 1.18 bits per heavy atom. The van der Waals surface area contributed by atoms with E-state index in [4.69, 9.17) is 5.11 Å². The van der Waals surface area contributed by atoms with Gasteiger partial charge in [0, 0.05) is 18.0 Å². The Labute approximate surface area is 134 Å². The zero-order valence-electron chi connectivity index (χ0n) is 12.5. The molecule has 1 heterocycles. The van der Waals surface area contributed by atoms with Crippen molar-refractivity contribution in [3.8, 4) is 0 Å². The van der Waals surface area contributed by atoms with Crippen molar-refractivity contribution >= 4 is 23.6 Å². The Bertz CT molecular complexity index is 554. The number of hydrogen-bond acceptors (Lipinski definition) is 3. The Hall–Kier alpha value is -1.49. The molecule has 2 fully saturated rings. The first-order valence-electron chi connectivity index (χ1n) is 7.87. The lowest BCUT2D eigenvalue weighted by molar-refractivity contribution is -0.141. The van der Waals surface area contributed by atoms with E-state index in [0.717, 1.165) is 30.6 Å². The summed E-state index contributed by atoms with van der Waals surface area (Å²) in [4.78, 5) is 27.1. The number of carboxylic acids is 1. The summed E-state index contributed by atoms with van der Waals surface area (Å²) in [5, 5.41) is 9.13. The first-order valence-corrected chi connectivity index (χ1v) is 8.69. The number of carboxylic acid groups (broad SMARTS) is 1. The molecule has 1 saturated carbocycles. The minimum atomic E-state index is -0.786. The van der Waals surface area contributed by atoms with Gasteiger partial charge in [-0.1, -0.05) is 31.0 Å². The molecule has 1 aliphatic carbocycles. The molecule has 1 saturated heterocycles. The van der Waals surface area contributed by atoms with Gasteiger partial charge in [0.15, 0.2) is 0 Å². The third kappa shape index (κ3) is 3.00. The molecule has 1 aliphatic heterocycles. The molecule has 0 spiro atoms. The number of hydrogen-bond donors (Lipinski definition) is 1. The van der Waals surface area contributed by atoms with Crippen LogP contribution in [0.15, 0.2) is 35.2 Å². The van der Waals surface area contributed by atoms with Gasteiger partial charge in [0.25, 0.3) is 0 Å². The van der Waals surface area contributed by atoms with E-state index in [9.17, 15) is 9.59 Å². The first-order chi connectivity index (χ1) is 10.6. The number of aliphatic carboxylic acids is 1. The van der Waals surface area contributed by atoms with Crippen LogP contribution in [0.1, 0.15) is 32.1 Å². The van der Waals surface area contributed by atoms with Gasteiger partial charge >= 0.3 is 5.97 Å². The maximum atomic E-state index is 13.1. The predicted molar refractivity (Wildman–Crippen MR) is 85.8 cm³/mol. The van der Waals surface area contributed by atoms with E-state index in [1.807, 2.05) is 30.3 Å². The quantitative estimate of drug-likeness (QED) is 0.927. The van der Waals surface area contributed by atoms with Crippen LogP contribution in [0.3, 0.4) is 0 Å². The average molecular weight is 319 g/mol. The van der Waals surface area contributed by atoms with Crippen LogP contribution in [0.5, 0.6) is 0 Å². The molecule has 118 valence electrons. The SMILES string of the molecule is O=C(O)C1CCN(C(=O)C2(Sc3ccccc3)CCCC2)C1. The number of carbonyl (C=O) groups excluding carboxylic acids is 1. The van der Waals surface area contributed by atoms with Crippen molar-refractivity contribution in [1.29, 1.82) is 0 Å². The number of carbonyl (C=O) groups is 2. The highest BCUT2D eigenvalue weighted by Gasteiger charge is 2.46. The molecule has 1 aromatic rings. The summed E-state index contributed by atoms with van der Waals surface area (Å²) in [6.07, 6.45) is 4.50. The van der Waals surface area contributed by atoms with Crippen molar-refractivity contribution in [2.75, 3.05) is 13.1 Å². The van der Waals surface area contributed by atoms with Crippen molar-refractivity contribution in [2.45, 2.75) is 41.7 Å². The van der Waals surface area contributed by atoms with Gasteiger partial charge in [0.1, 0.15) is 0 Å². The summed E-state index contributed by atoms with van der Waals surface area (Å²) in [6, 6.07) is 10.0. The van der Waals surface area contributed by atoms with Crippen LogP contribution in [0.25, 0.3) is 0 Å². The zero-order valence-corrected chi connectivity index (χ0v) is 13.3. The van der Waals surface area contributed by atoms with Gasteiger partial charge < -0.3 is 10.0 Å². The minimum Gasteiger partial charge on any atom is -0.481 e. The van der Waals surface area contributed by atoms with E-state index in [1.165, 1.54) is 0 Å². The highest BCUT2D eigenvalue weighted by atomic mass is 32.2. The minimum absolute atomic E-state index is 0.141. The zero-order chi connectivity index (χ0) is 15.6. The number of likely N-dealkylation sites (tertiary alicyclic amines) is 1. The van der Waals surface area contributed by atoms with Crippen LogP contribution >= 0.6 is 11.8 Å². The standard InChI is InChI=1S/C17H21NO3S/c19-15(20)13-8-11-18(12-13)16(21)17(9-4-5-10-17)22-14-6-2-1-3-7-14/h1-3,6-7,13H,4-5,8-12H2,(H,19,20). The topological polar surface area (TPSA) is 57.6 Å². The number of amides is 1. The molecule has 1 amide bonds. The van der Waals surface area contributed by atoms with Gasteiger partial charge in [-0.2, -0.15) is 0 Å². The van der Waals surface area contributed by atoms with Gasteiger partial charge in [-0.05, 0) is 31.4 Å². The van der Waals surface area contributed by atoms with Crippen LogP contribution in [0, 0.1) is 5.92 Å². The summed E-state index contributed by atoms with van der Waals surface area (Å²) in [5.41, 5.74) is 0. The second kappa shape index (κ2) is 6.32. The molecule has 4 nitrogen and oxygen atoms in total. The van der Waals surface area contributed by atoms with E-state index in [0.29, 0.717) is 19.5 Å². The molecule has 22 heavy (non-hydrogen) atoms. The lowest BCUT2D eigenvalue weighted by Gasteiger charge is -2.31. The van der Waals surface area contributed by atoms with Gasteiger partial charge in [0.05, 0.1) is 10.7 Å². The Morgan fingerprint density at radius 3 is 2.45 bits per heavy atom. The second-order valence-corrected chi connectivity index (χ2v) is 7.65. The fourth-order valence-electron chi connectivity index (χ4n) is 3.45. The molecule has 5 heteroatoms. The molecular formula is C17H21NO3S. The van der Waals surface area contributed by atoms with Crippen molar-refractivity contribution in [3.05, 3.63) is 30.3 Å². The highest BCUT2D eigenvalue weighted by Crippen LogP contribution is 2.47. The van der Waals surface area contributed by atoms with Crippen LogP contribution in [0.2, 0.25) is 0 Å². The predicted octanol–water partition coefficient (Wildman–Crippen LogP) is 3.02. The fourth-order valence-corrected chi connectivity index (χ4v) is 4.91. The van der Waals surface area contributed by atoms with Crippen molar-refractivity contribution in [1.82, 2.24) is 4.90 Å². The maximum Gasteiger partial charge on any atom is 0.308 e. The van der Waals surface area contributed by atoms with E-state index < -0.39 is 16.6 Å². The van der Waals surface area contributed by atoms with Crippen LogP contribution in [0.4, 0.5) is 0 Å². The van der Waals surface area contributed by atoms with E-state index in [1.54, 1.807) is 16.7 Å².